The molecule has 1 aliphatic rings. The van der Waals surface area contributed by atoms with Gasteiger partial charge in [-0.3, -0.25) is 4.79 Å². The number of nitrogens with two attached hydrogens (primary N) is 1. The Hall–Kier alpha value is -1.14. The molecule has 0 aromatic carbocycles. The quantitative estimate of drug-likeness (QED) is 0.472. The molecule has 6 heteroatoms. The third-order valence-electron chi connectivity index (χ3n) is 2.73. The van der Waals surface area contributed by atoms with Gasteiger partial charge in [-0.05, 0) is 12.8 Å². The van der Waals surface area contributed by atoms with Crippen LogP contribution in [0, 0.1) is 0 Å². The molecule has 86 valence electrons. The minimum absolute atomic E-state index is 0.485. The van der Waals surface area contributed by atoms with Crippen molar-refractivity contribution in [2.75, 3.05) is 6.61 Å². The van der Waals surface area contributed by atoms with Crippen LogP contribution in [0.15, 0.2) is 0 Å². The summed E-state index contributed by atoms with van der Waals surface area (Å²) in [5.74, 6) is -1.74. The summed E-state index contributed by atoms with van der Waals surface area (Å²) >= 11 is 0. The van der Waals surface area contributed by atoms with Gasteiger partial charge in [0, 0.05) is 0 Å². The molecule has 0 aliphatic heterocycles. The first-order chi connectivity index (χ1) is 6.99. The Kier molecular flexibility index (Phi) is 3.65. The van der Waals surface area contributed by atoms with Crippen molar-refractivity contribution in [3.8, 4) is 0 Å². The molecular weight excluding hydrogens is 200 g/mol. The number of carbonyl (C=O) groups excluding carboxylic acids is 1. The highest BCUT2D eigenvalue weighted by Crippen LogP contribution is 2.27. The predicted molar refractivity (Wildman–Crippen MR) is 52.0 cm³/mol. The van der Waals surface area contributed by atoms with E-state index in [9.17, 15) is 9.59 Å². The smallest absolute Gasteiger partial charge is 0.328 e. The molecular formula is C9H16N2O4. The van der Waals surface area contributed by atoms with E-state index in [1.54, 1.807) is 0 Å². The maximum absolute atomic E-state index is 11.6. The molecule has 15 heavy (non-hydrogen) atoms. The highest BCUT2D eigenvalue weighted by atomic mass is 16.4. The molecule has 1 saturated carbocycles. The van der Waals surface area contributed by atoms with E-state index in [2.05, 4.69) is 5.32 Å². The largest absolute Gasteiger partial charge is 0.480 e. The summed E-state index contributed by atoms with van der Waals surface area (Å²) in [4.78, 5) is 22.2. The standard InChI is InChI=1S/C9H16N2O4/c10-9(3-1-2-4-9)8(15)11-6(5-12)7(13)14/h6,12H,1-5,10H2,(H,11,15)(H,13,14)/t6-/m0/s1. The van der Waals surface area contributed by atoms with Gasteiger partial charge >= 0.3 is 5.97 Å². The van der Waals surface area contributed by atoms with Gasteiger partial charge in [0.2, 0.25) is 5.91 Å². The molecule has 6 nitrogen and oxygen atoms in total. The molecule has 0 bridgehead atoms. The number of carbonyl (C=O) groups is 2. The van der Waals surface area contributed by atoms with Crippen LogP contribution in [0.2, 0.25) is 0 Å². The summed E-state index contributed by atoms with van der Waals surface area (Å²) in [6.45, 7) is -0.628. The zero-order valence-electron chi connectivity index (χ0n) is 8.40. The molecule has 5 N–H and O–H groups in total. The lowest BCUT2D eigenvalue weighted by Crippen LogP contribution is -2.56. The van der Waals surface area contributed by atoms with Crippen molar-refractivity contribution in [3.05, 3.63) is 0 Å². The molecule has 0 aromatic rings. The van der Waals surface area contributed by atoms with E-state index in [4.69, 9.17) is 15.9 Å². The zero-order valence-corrected chi connectivity index (χ0v) is 8.40. The van der Waals surface area contributed by atoms with E-state index in [1.807, 2.05) is 0 Å². The first kappa shape index (κ1) is 11.9. The van der Waals surface area contributed by atoms with Gasteiger partial charge in [0.05, 0.1) is 12.1 Å². The number of hydrogen-bond acceptors (Lipinski definition) is 4. The lowest BCUT2D eigenvalue weighted by molar-refractivity contribution is -0.143. The predicted octanol–water partition coefficient (Wildman–Crippen LogP) is -1.18. The minimum Gasteiger partial charge on any atom is -0.480 e. The molecule has 0 saturated heterocycles. The molecule has 1 atom stereocenters. The number of aliphatic carboxylic acids is 1. The van der Waals surface area contributed by atoms with Gasteiger partial charge in [0.1, 0.15) is 6.04 Å². The van der Waals surface area contributed by atoms with Crippen LogP contribution in [0.25, 0.3) is 0 Å². The summed E-state index contributed by atoms with van der Waals surface area (Å²) < 4.78 is 0. The Morgan fingerprint density at radius 3 is 2.33 bits per heavy atom. The number of aliphatic hydroxyl groups excluding tert-OH is 1. The van der Waals surface area contributed by atoms with Crippen molar-refractivity contribution in [2.24, 2.45) is 5.73 Å². The van der Waals surface area contributed by atoms with Gasteiger partial charge in [-0.2, -0.15) is 0 Å². The average Bonchev–Trinajstić information content (AvgIpc) is 2.61. The topological polar surface area (TPSA) is 113 Å². The third-order valence-corrected chi connectivity index (χ3v) is 2.73. The van der Waals surface area contributed by atoms with E-state index >= 15 is 0 Å². The van der Waals surface area contributed by atoms with E-state index < -0.39 is 30.1 Å². The fourth-order valence-corrected chi connectivity index (χ4v) is 1.72. The first-order valence-corrected chi connectivity index (χ1v) is 4.93. The summed E-state index contributed by atoms with van der Waals surface area (Å²) in [6.07, 6.45) is 2.88. The van der Waals surface area contributed by atoms with Crippen LogP contribution in [-0.2, 0) is 9.59 Å². The normalized spacial score (nSPS) is 20.9. The number of nitrogens with one attached hydrogen (secondary N) is 1. The first-order valence-electron chi connectivity index (χ1n) is 4.93. The van der Waals surface area contributed by atoms with Gasteiger partial charge < -0.3 is 21.3 Å². The Morgan fingerprint density at radius 1 is 1.40 bits per heavy atom. The van der Waals surface area contributed by atoms with Gasteiger partial charge in [0.15, 0.2) is 0 Å². The fraction of sp³-hybridized carbons (Fsp3) is 0.778. The number of rotatable bonds is 4. The van der Waals surface area contributed by atoms with Crippen molar-refractivity contribution in [2.45, 2.75) is 37.3 Å². The van der Waals surface area contributed by atoms with Crippen molar-refractivity contribution >= 4 is 11.9 Å². The summed E-state index contributed by atoms with van der Waals surface area (Å²) in [6, 6.07) is -1.27. The second-order valence-electron chi connectivity index (χ2n) is 3.91. The maximum Gasteiger partial charge on any atom is 0.328 e. The van der Waals surface area contributed by atoms with Crippen molar-refractivity contribution in [1.82, 2.24) is 5.32 Å². The van der Waals surface area contributed by atoms with Crippen LogP contribution >= 0.6 is 0 Å². The van der Waals surface area contributed by atoms with Gasteiger partial charge in [-0.15, -0.1) is 0 Å². The highest BCUT2D eigenvalue weighted by molar-refractivity contribution is 5.90. The summed E-state index contributed by atoms with van der Waals surface area (Å²) in [5, 5.41) is 19.6. The van der Waals surface area contributed by atoms with Crippen LogP contribution in [0.5, 0.6) is 0 Å². The van der Waals surface area contributed by atoms with Gasteiger partial charge in [-0.1, -0.05) is 12.8 Å². The molecule has 0 radical (unpaired) electrons. The lowest BCUT2D eigenvalue weighted by Gasteiger charge is -2.24. The Labute approximate surface area is 87.5 Å². The van der Waals surface area contributed by atoms with Crippen molar-refractivity contribution in [1.29, 1.82) is 0 Å². The van der Waals surface area contributed by atoms with E-state index in [0.29, 0.717) is 12.8 Å². The second kappa shape index (κ2) is 4.59. The molecule has 1 rings (SSSR count). The molecule has 1 aliphatic carbocycles. The zero-order chi connectivity index (χ0) is 11.5. The molecule has 0 heterocycles. The van der Waals surface area contributed by atoms with Crippen LogP contribution < -0.4 is 11.1 Å². The molecule has 0 unspecified atom stereocenters. The third kappa shape index (κ3) is 2.66. The maximum atomic E-state index is 11.6. The number of hydrogen-bond donors (Lipinski definition) is 4. The fourth-order valence-electron chi connectivity index (χ4n) is 1.72. The monoisotopic (exact) mass is 216 g/mol. The Morgan fingerprint density at radius 2 is 1.93 bits per heavy atom. The lowest BCUT2D eigenvalue weighted by atomic mass is 9.98. The second-order valence-corrected chi connectivity index (χ2v) is 3.91. The number of carboxylic acid groups (broad SMARTS) is 1. The van der Waals surface area contributed by atoms with Gasteiger partial charge in [-0.25, -0.2) is 4.79 Å². The molecule has 0 spiro atoms. The molecule has 1 fully saturated rings. The summed E-state index contributed by atoms with van der Waals surface area (Å²) in [5.41, 5.74) is 4.86. The highest BCUT2D eigenvalue weighted by Gasteiger charge is 2.38. The van der Waals surface area contributed by atoms with Crippen LogP contribution in [0.4, 0.5) is 0 Å². The van der Waals surface area contributed by atoms with Crippen LogP contribution in [-0.4, -0.2) is 40.3 Å². The van der Waals surface area contributed by atoms with Crippen molar-refractivity contribution in [3.63, 3.8) is 0 Å². The van der Waals surface area contributed by atoms with Crippen LogP contribution in [0.1, 0.15) is 25.7 Å². The van der Waals surface area contributed by atoms with E-state index in [1.165, 1.54) is 0 Å². The van der Waals surface area contributed by atoms with Crippen LogP contribution in [0.3, 0.4) is 0 Å². The minimum atomic E-state index is -1.27. The van der Waals surface area contributed by atoms with Gasteiger partial charge in [0.25, 0.3) is 0 Å². The van der Waals surface area contributed by atoms with E-state index in [-0.39, 0.29) is 0 Å². The average molecular weight is 216 g/mol. The Bertz CT molecular complexity index is 261. The SMILES string of the molecule is NC1(C(=O)N[C@@H](CO)C(=O)O)CCCC1. The molecule has 0 aromatic heterocycles. The number of carboxylic acids is 1. The van der Waals surface area contributed by atoms with Crippen molar-refractivity contribution < 1.29 is 19.8 Å². The summed E-state index contributed by atoms with van der Waals surface area (Å²) in [7, 11) is 0. The van der Waals surface area contributed by atoms with E-state index in [0.717, 1.165) is 12.8 Å². The number of aliphatic hydroxyl groups is 1. The number of amides is 1. The Balaban J connectivity index is 2.57. The molecule has 1 amide bonds.